The fraction of sp³-hybridized carbons (Fsp3) is 0.500. The zero-order valence-electron chi connectivity index (χ0n) is 17.4. The quantitative estimate of drug-likeness (QED) is 0.331. The van der Waals surface area contributed by atoms with Gasteiger partial charge in [0.2, 0.25) is 5.82 Å². The molecule has 3 rings (SSSR count). The van der Waals surface area contributed by atoms with Gasteiger partial charge in [-0.1, -0.05) is 25.5 Å². The number of hydrogen-bond acceptors (Lipinski definition) is 2. The van der Waals surface area contributed by atoms with Crippen molar-refractivity contribution in [2.24, 2.45) is 0 Å². The van der Waals surface area contributed by atoms with E-state index in [2.05, 4.69) is 6.92 Å². The molecule has 0 radical (unpaired) electrons. The zero-order chi connectivity index (χ0) is 21.7. The average Bonchev–Trinajstić information content (AvgIpc) is 2.75. The van der Waals surface area contributed by atoms with Gasteiger partial charge in [-0.2, -0.15) is 4.39 Å². The van der Waals surface area contributed by atoms with E-state index in [-0.39, 0.29) is 35.5 Å². The minimum atomic E-state index is -1.23. The lowest BCUT2D eigenvalue weighted by Crippen LogP contribution is -2.22. The summed E-state index contributed by atoms with van der Waals surface area (Å²) in [5.41, 5.74) is -0.0852. The van der Waals surface area contributed by atoms with Gasteiger partial charge >= 0.3 is 0 Å². The van der Waals surface area contributed by atoms with Crippen LogP contribution in [0, 0.1) is 23.3 Å². The van der Waals surface area contributed by atoms with Crippen LogP contribution < -0.4 is 4.74 Å². The number of rotatable bonds is 8. The van der Waals surface area contributed by atoms with Gasteiger partial charge in [0.05, 0.1) is 12.7 Å². The summed E-state index contributed by atoms with van der Waals surface area (Å²) >= 11 is 0. The van der Waals surface area contributed by atoms with Crippen LogP contribution in [0.15, 0.2) is 24.3 Å². The molecule has 1 saturated carbocycles. The second kappa shape index (κ2) is 10.3. The molecule has 1 aliphatic rings. The van der Waals surface area contributed by atoms with Crippen LogP contribution in [0.4, 0.5) is 17.6 Å². The molecule has 164 valence electrons. The van der Waals surface area contributed by atoms with Crippen LogP contribution in [0.5, 0.6) is 5.75 Å². The topological polar surface area (TPSA) is 18.5 Å². The van der Waals surface area contributed by atoms with Gasteiger partial charge in [0.25, 0.3) is 0 Å². The van der Waals surface area contributed by atoms with Crippen LogP contribution in [0.25, 0.3) is 11.1 Å². The maximum Gasteiger partial charge on any atom is 0.201 e. The molecular weight excluding hydrogens is 396 g/mol. The Balaban J connectivity index is 1.93. The lowest BCUT2D eigenvalue weighted by Gasteiger charge is -2.30. The van der Waals surface area contributed by atoms with Crippen molar-refractivity contribution in [1.29, 1.82) is 0 Å². The fourth-order valence-corrected chi connectivity index (χ4v) is 4.07. The van der Waals surface area contributed by atoms with Gasteiger partial charge in [0.1, 0.15) is 0 Å². The molecule has 0 unspecified atom stereocenters. The van der Waals surface area contributed by atoms with Crippen molar-refractivity contribution < 1.29 is 27.0 Å². The molecule has 0 saturated heterocycles. The van der Waals surface area contributed by atoms with Gasteiger partial charge in [-0.3, -0.25) is 0 Å². The Bertz CT molecular complexity index is 861. The van der Waals surface area contributed by atoms with E-state index < -0.39 is 23.3 Å². The molecule has 0 bridgehead atoms. The van der Waals surface area contributed by atoms with Crippen LogP contribution in [0.2, 0.25) is 0 Å². The van der Waals surface area contributed by atoms with E-state index in [1.54, 1.807) is 6.92 Å². The Labute approximate surface area is 175 Å². The number of hydrogen-bond donors (Lipinski definition) is 0. The lowest BCUT2D eigenvalue weighted by atomic mass is 9.81. The van der Waals surface area contributed by atoms with E-state index in [4.69, 9.17) is 9.47 Å². The average molecular weight is 424 g/mol. The summed E-state index contributed by atoms with van der Waals surface area (Å²) in [6, 6.07) is 4.89. The van der Waals surface area contributed by atoms with Crippen molar-refractivity contribution in [2.45, 2.75) is 64.4 Å². The molecule has 2 aromatic carbocycles. The summed E-state index contributed by atoms with van der Waals surface area (Å²) < 4.78 is 69.1. The molecule has 0 heterocycles. The number of ether oxygens (including phenoxy) is 2. The van der Waals surface area contributed by atoms with Crippen molar-refractivity contribution in [3.8, 4) is 16.9 Å². The predicted molar refractivity (Wildman–Crippen MR) is 109 cm³/mol. The summed E-state index contributed by atoms with van der Waals surface area (Å²) in [6.45, 7) is 4.70. The van der Waals surface area contributed by atoms with Gasteiger partial charge in [-0.15, -0.1) is 0 Å². The first kappa shape index (κ1) is 22.6. The Morgan fingerprint density at radius 1 is 0.900 bits per heavy atom. The predicted octanol–water partition coefficient (Wildman–Crippen LogP) is 7.15. The SMILES string of the molecule is CCCCOC1CCC(c2cc(-c3cccc(F)c3F)c(F)c(F)c2OCC)CC1. The highest BCUT2D eigenvalue weighted by Gasteiger charge is 2.30. The van der Waals surface area contributed by atoms with E-state index in [9.17, 15) is 17.6 Å². The Hall–Kier alpha value is -2.08. The van der Waals surface area contributed by atoms with E-state index >= 15 is 0 Å². The Morgan fingerprint density at radius 2 is 1.63 bits per heavy atom. The summed E-state index contributed by atoms with van der Waals surface area (Å²) in [5.74, 6) is -4.89. The van der Waals surface area contributed by atoms with E-state index in [1.807, 2.05) is 0 Å². The fourth-order valence-electron chi connectivity index (χ4n) is 4.07. The number of benzene rings is 2. The molecule has 6 heteroatoms. The van der Waals surface area contributed by atoms with Crippen LogP contribution in [0.1, 0.15) is 63.9 Å². The van der Waals surface area contributed by atoms with Gasteiger partial charge in [-0.05, 0) is 57.1 Å². The standard InChI is InChI=1S/C24H28F4O2/c1-3-5-13-30-16-11-9-15(10-12-16)18-14-19(17-7-6-8-20(25)21(17)26)22(27)23(28)24(18)29-4-2/h6-8,14-16H,3-5,9-13H2,1-2H3. The molecule has 0 aliphatic heterocycles. The second-order valence-electron chi connectivity index (χ2n) is 7.70. The third-order valence-electron chi connectivity index (χ3n) is 5.69. The van der Waals surface area contributed by atoms with Crippen LogP contribution in [0.3, 0.4) is 0 Å². The van der Waals surface area contributed by atoms with Gasteiger partial charge in [0.15, 0.2) is 23.2 Å². The molecule has 1 fully saturated rings. The first-order chi connectivity index (χ1) is 14.5. The third kappa shape index (κ3) is 4.80. The highest BCUT2D eigenvalue weighted by atomic mass is 19.2. The monoisotopic (exact) mass is 424 g/mol. The summed E-state index contributed by atoms with van der Waals surface area (Å²) in [4.78, 5) is 0. The largest absolute Gasteiger partial charge is 0.490 e. The van der Waals surface area contributed by atoms with Crippen molar-refractivity contribution in [3.63, 3.8) is 0 Å². The number of halogens is 4. The zero-order valence-corrected chi connectivity index (χ0v) is 17.4. The first-order valence-electron chi connectivity index (χ1n) is 10.7. The minimum Gasteiger partial charge on any atom is -0.490 e. The van der Waals surface area contributed by atoms with E-state index in [0.29, 0.717) is 5.56 Å². The highest BCUT2D eigenvalue weighted by molar-refractivity contribution is 5.68. The second-order valence-corrected chi connectivity index (χ2v) is 7.70. The molecule has 0 aromatic heterocycles. The van der Waals surface area contributed by atoms with Crippen LogP contribution in [-0.4, -0.2) is 19.3 Å². The molecule has 0 atom stereocenters. The summed E-state index contributed by atoms with van der Waals surface area (Å²) in [6.07, 6.45) is 5.32. The third-order valence-corrected chi connectivity index (χ3v) is 5.69. The smallest absolute Gasteiger partial charge is 0.201 e. The van der Waals surface area contributed by atoms with Crippen LogP contribution >= 0.6 is 0 Å². The Kier molecular flexibility index (Phi) is 7.75. The molecule has 2 nitrogen and oxygen atoms in total. The molecular formula is C24H28F4O2. The number of unbranched alkanes of at least 4 members (excludes halogenated alkanes) is 1. The van der Waals surface area contributed by atoms with Crippen LogP contribution in [-0.2, 0) is 4.74 Å². The summed E-state index contributed by atoms with van der Waals surface area (Å²) in [7, 11) is 0. The van der Waals surface area contributed by atoms with Crippen molar-refractivity contribution in [3.05, 3.63) is 53.1 Å². The van der Waals surface area contributed by atoms with Crippen molar-refractivity contribution in [1.82, 2.24) is 0 Å². The molecule has 30 heavy (non-hydrogen) atoms. The van der Waals surface area contributed by atoms with E-state index in [0.717, 1.165) is 51.2 Å². The molecule has 1 aliphatic carbocycles. The molecule has 0 N–H and O–H groups in total. The summed E-state index contributed by atoms with van der Waals surface area (Å²) in [5, 5.41) is 0. The maximum absolute atomic E-state index is 14.9. The lowest BCUT2D eigenvalue weighted by molar-refractivity contribution is 0.0230. The highest BCUT2D eigenvalue weighted by Crippen LogP contribution is 2.43. The molecule has 0 amide bonds. The minimum absolute atomic E-state index is 0.0666. The van der Waals surface area contributed by atoms with Crippen molar-refractivity contribution in [2.75, 3.05) is 13.2 Å². The normalized spacial score (nSPS) is 19.1. The van der Waals surface area contributed by atoms with Gasteiger partial charge < -0.3 is 9.47 Å². The van der Waals surface area contributed by atoms with Gasteiger partial charge in [0, 0.05) is 23.3 Å². The van der Waals surface area contributed by atoms with Crippen molar-refractivity contribution >= 4 is 0 Å². The van der Waals surface area contributed by atoms with E-state index in [1.165, 1.54) is 18.2 Å². The molecule has 0 spiro atoms. The Morgan fingerprint density at radius 3 is 2.30 bits per heavy atom. The van der Waals surface area contributed by atoms with Gasteiger partial charge in [-0.25, -0.2) is 13.2 Å². The molecule has 2 aromatic rings. The maximum atomic E-state index is 14.9. The first-order valence-corrected chi connectivity index (χ1v) is 10.7.